The summed E-state index contributed by atoms with van der Waals surface area (Å²) in [6.45, 7) is 8.00. The van der Waals surface area contributed by atoms with Gasteiger partial charge in [0.1, 0.15) is 11.3 Å². The molecule has 6 nitrogen and oxygen atoms in total. The normalized spacial score (nSPS) is 15.4. The van der Waals surface area contributed by atoms with Gasteiger partial charge in [0, 0.05) is 13.1 Å². The van der Waals surface area contributed by atoms with Crippen molar-refractivity contribution in [1.29, 1.82) is 5.26 Å². The molecule has 0 unspecified atom stereocenters. The summed E-state index contributed by atoms with van der Waals surface area (Å²) in [6, 6.07) is 12.5. The maximum Gasteiger partial charge on any atom is 0.417 e. The second-order valence-corrected chi connectivity index (χ2v) is 9.36. The molecule has 1 fully saturated rings. The molecular weight excluding hydrogens is 489 g/mol. The molecule has 3 rings (SSSR count). The molecule has 0 atom stereocenters. The Hall–Kier alpha value is -3.16. The number of alkyl halides is 3. The first-order valence-electron chi connectivity index (χ1n) is 11.7. The topological polar surface area (TPSA) is 68.6 Å². The van der Waals surface area contributed by atoms with E-state index in [9.17, 15) is 18.0 Å². The number of thiocarbonyl (C=S) groups is 1. The minimum absolute atomic E-state index is 0.0170. The van der Waals surface area contributed by atoms with Gasteiger partial charge < -0.3 is 15.0 Å². The Balaban J connectivity index is 1.64. The van der Waals surface area contributed by atoms with Crippen molar-refractivity contribution in [3.05, 3.63) is 59.2 Å². The van der Waals surface area contributed by atoms with Gasteiger partial charge in [0.25, 0.3) is 5.91 Å². The van der Waals surface area contributed by atoms with E-state index in [2.05, 4.69) is 12.2 Å². The number of halogens is 3. The molecular formula is C26H29F3N4O2S. The number of carbonyl (C=O) groups is 1. The van der Waals surface area contributed by atoms with Gasteiger partial charge in [-0.05, 0) is 81.3 Å². The number of nitrogens with zero attached hydrogens (tertiary/aromatic N) is 3. The lowest BCUT2D eigenvalue weighted by molar-refractivity contribution is -0.137. The number of benzene rings is 2. The second kappa shape index (κ2) is 11.3. The first kappa shape index (κ1) is 27.4. The Bertz CT molecular complexity index is 1140. The first-order chi connectivity index (χ1) is 17.0. The molecule has 0 radical (unpaired) electrons. The van der Waals surface area contributed by atoms with E-state index in [1.54, 1.807) is 24.8 Å². The van der Waals surface area contributed by atoms with E-state index in [-0.39, 0.29) is 10.8 Å². The van der Waals surface area contributed by atoms with Gasteiger partial charge in [-0.15, -0.1) is 0 Å². The lowest BCUT2D eigenvalue weighted by Gasteiger charge is -2.29. The number of nitrogens with one attached hydrogen (secondary N) is 1. The highest BCUT2D eigenvalue weighted by Gasteiger charge is 2.49. The van der Waals surface area contributed by atoms with E-state index in [0.29, 0.717) is 19.6 Å². The third-order valence-electron chi connectivity index (χ3n) is 5.98. The third-order valence-corrected chi connectivity index (χ3v) is 6.39. The van der Waals surface area contributed by atoms with Crippen LogP contribution >= 0.6 is 12.2 Å². The summed E-state index contributed by atoms with van der Waals surface area (Å²) in [5.74, 6) is 0.297. The van der Waals surface area contributed by atoms with Crippen LogP contribution in [0.1, 0.15) is 50.3 Å². The van der Waals surface area contributed by atoms with Crippen LogP contribution in [0.3, 0.4) is 0 Å². The average Bonchev–Trinajstić information content (AvgIpc) is 3.00. The summed E-state index contributed by atoms with van der Waals surface area (Å²) < 4.78 is 46.2. The number of hydrogen-bond acceptors (Lipinski definition) is 5. The van der Waals surface area contributed by atoms with Gasteiger partial charge in [-0.3, -0.25) is 9.69 Å². The Morgan fingerprint density at radius 3 is 2.47 bits per heavy atom. The highest BCUT2D eigenvalue weighted by molar-refractivity contribution is 7.80. The molecule has 1 N–H and O–H groups in total. The summed E-state index contributed by atoms with van der Waals surface area (Å²) >= 11 is 5.51. The van der Waals surface area contributed by atoms with Gasteiger partial charge in [0.2, 0.25) is 0 Å². The van der Waals surface area contributed by atoms with Crippen molar-refractivity contribution in [3.63, 3.8) is 0 Å². The number of nitriles is 1. The second-order valence-electron chi connectivity index (χ2n) is 9.00. The largest absolute Gasteiger partial charge is 0.494 e. The van der Waals surface area contributed by atoms with E-state index in [0.717, 1.165) is 47.9 Å². The molecule has 36 heavy (non-hydrogen) atoms. The Morgan fingerprint density at radius 1 is 1.17 bits per heavy atom. The molecule has 1 aliphatic heterocycles. The van der Waals surface area contributed by atoms with Gasteiger partial charge in [0.05, 0.1) is 29.5 Å². The predicted molar refractivity (Wildman–Crippen MR) is 136 cm³/mol. The standard InChI is InChI=1S/C26H29F3N4O2S/c1-4-12-31-17-18-6-10-21(11-7-18)35-14-5-13-32-24(36)33(23(34)25(32,2)3)20-9-8-19(16-30)22(15-20)26(27,28)29/h6-11,15,31H,4-5,12-14,17H2,1-3H3. The first-order valence-corrected chi connectivity index (χ1v) is 12.1. The quantitative estimate of drug-likeness (QED) is 0.342. The summed E-state index contributed by atoms with van der Waals surface area (Å²) in [6.07, 6.45) is -3.11. The fourth-order valence-electron chi connectivity index (χ4n) is 3.97. The van der Waals surface area contributed by atoms with E-state index in [4.69, 9.17) is 22.2 Å². The van der Waals surface area contributed by atoms with Crippen molar-refractivity contribution < 1.29 is 22.7 Å². The van der Waals surface area contributed by atoms with Crippen LogP contribution in [0, 0.1) is 11.3 Å². The van der Waals surface area contributed by atoms with Gasteiger partial charge >= 0.3 is 6.18 Å². The van der Waals surface area contributed by atoms with Crippen molar-refractivity contribution in [3.8, 4) is 11.8 Å². The lowest BCUT2D eigenvalue weighted by atomic mass is 10.0. The maximum atomic E-state index is 13.4. The summed E-state index contributed by atoms with van der Waals surface area (Å²) in [4.78, 5) is 16.0. The van der Waals surface area contributed by atoms with Crippen LogP contribution in [0.15, 0.2) is 42.5 Å². The smallest absolute Gasteiger partial charge is 0.417 e. The molecule has 2 aromatic rings. The predicted octanol–water partition coefficient (Wildman–Crippen LogP) is 5.26. The molecule has 1 aliphatic rings. The van der Waals surface area contributed by atoms with E-state index in [1.165, 1.54) is 6.07 Å². The molecule has 10 heteroatoms. The van der Waals surface area contributed by atoms with Crippen LogP contribution in [0.5, 0.6) is 5.75 Å². The van der Waals surface area contributed by atoms with Gasteiger partial charge in [-0.2, -0.15) is 18.4 Å². The van der Waals surface area contributed by atoms with Gasteiger partial charge in [0.15, 0.2) is 5.11 Å². The zero-order valence-electron chi connectivity index (χ0n) is 20.5. The number of ether oxygens (including phenoxy) is 1. The number of anilines is 1. The molecule has 0 spiro atoms. The van der Waals surface area contributed by atoms with Crippen LogP contribution < -0.4 is 15.0 Å². The molecule has 0 aromatic heterocycles. The highest BCUT2D eigenvalue weighted by Crippen LogP contribution is 2.37. The van der Waals surface area contributed by atoms with Crippen molar-refractivity contribution in [2.45, 2.75) is 51.9 Å². The Kier molecular flexibility index (Phi) is 8.59. The maximum absolute atomic E-state index is 13.4. The van der Waals surface area contributed by atoms with Gasteiger partial charge in [-0.1, -0.05) is 19.1 Å². The van der Waals surface area contributed by atoms with Crippen LogP contribution in [-0.2, 0) is 17.5 Å². The fraction of sp³-hybridized carbons (Fsp3) is 0.423. The van der Waals surface area contributed by atoms with Crippen LogP contribution in [0.4, 0.5) is 18.9 Å². The minimum Gasteiger partial charge on any atom is -0.494 e. The van der Waals surface area contributed by atoms with E-state index >= 15 is 0 Å². The molecule has 0 bridgehead atoms. The molecule has 2 aromatic carbocycles. The Labute approximate surface area is 214 Å². The van der Waals surface area contributed by atoms with E-state index in [1.807, 2.05) is 24.3 Å². The summed E-state index contributed by atoms with van der Waals surface area (Å²) in [7, 11) is 0. The van der Waals surface area contributed by atoms with Crippen molar-refractivity contribution in [1.82, 2.24) is 10.2 Å². The number of amides is 1. The molecule has 1 amide bonds. The summed E-state index contributed by atoms with van der Waals surface area (Å²) in [5.41, 5.74) is -1.51. The molecule has 0 saturated carbocycles. The molecule has 0 aliphatic carbocycles. The third kappa shape index (κ3) is 5.97. The lowest BCUT2D eigenvalue weighted by Crippen LogP contribution is -2.44. The zero-order chi connectivity index (χ0) is 26.5. The zero-order valence-corrected chi connectivity index (χ0v) is 21.3. The van der Waals surface area contributed by atoms with Crippen LogP contribution in [-0.4, -0.2) is 41.2 Å². The van der Waals surface area contributed by atoms with Crippen molar-refractivity contribution in [2.75, 3.05) is 24.6 Å². The van der Waals surface area contributed by atoms with Crippen molar-refractivity contribution >= 4 is 28.9 Å². The number of carbonyl (C=O) groups excluding carboxylic acids is 1. The monoisotopic (exact) mass is 518 g/mol. The molecule has 1 heterocycles. The van der Waals surface area contributed by atoms with Crippen LogP contribution in [0.2, 0.25) is 0 Å². The fourth-order valence-corrected chi connectivity index (χ4v) is 4.48. The number of hydrogen-bond donors (Lipinski definition) is 1. The van der Waals surface area contributed by atoms with E-state index < -0.39 is 28.7 Å². The highest BCUT2D eigenvalue weighted by atomic mass is 32.1. The minimum atomic E-state index is -4.73. The SMILES string of the molecule is CCCNCc1ccc(OCCCN2C(=S)N(c3ccc(C#N)c(C(F)(F)F)c3)C(=O)C2(C)C)cc1. The van der Waals surface area contributed by atoms with Crippen LogP contribution in [0.25, 0.3) is 0 Å². The number of rotatable bonds is 10. The van der Waals surface area contributed by atoms with Gasteiger partial charge in [-0.25, -0.2) is 0 Å². The van der Waals surface area contributed by atoms with Crippen molar-refractivity contribution in [2.24, 2.45) is 0 Å². The summed E-state index contributed by atoms with van der Waals surface area (Å²) in [5, 5.41) is 12.5. The molecule has 1 saturated heterocycles. The average molecular weight is 519 g/mol. The Morgan fingerprint density at radius 2 is 1.86 bits per heavy atom. The molecule has 192 valence electrons.